The first-order valence-corrected chi connectivity index (χ1v) is 11.7. The highest BCUT2D eigenvalue weighted by Gasteiger charge is 2.19. The second kappa shape index (κ2) is 11.6. The lowest BCUT2D eigenvalue weighted by molar-refractivity contribution is -0.116. The molecule has 3 rings (SSSR count). The van der Waals surface area contributed by atoms with Crippen molar-refractivity contribution in [2.45, 2.75) is 46.5 Å². The third kappa shape index (κ3) is 5.38. The molecule has 6 nitrogen and oxygen atoms in total. The van der Waals surface area contributed by atoms with Crippen LogP contribution in [0.4, 0.5) is 0 Å². The standard InChI is InChI=1S/C28H35NO5/c1-7-8-9-10-13-29-26(30)14-18(2)21-16-22-23(17-34-28(22)19(3)27(21)33-6)20-11-12-24(31-4)25(15-20)32-5/h11-12,14-17H,7-10,13H2,1-6H3,(H,29,30)/b18-14+. The number of hydrogen-bond donors (Lipinski definition) is 1. The van der Waals surface area contributed by atoms with Gasteiger partial charge in [0, 0.05) is 34.7 Å². The molecule has 0 fully saturated rings. The van der Waals surface area contributed by atoms with Crippen molar-refractivity contribution in [2.75, 3.05) is 27.9 Å². The van der Waals surface area contributed by atoms with Crippen molar-refractivity contribution in [3.63, 3.8) is 0 Å². The van der Waals surface area contributed by atoms with Crippen LogP contribution in [0, 0.1) is 6.92 Å². The van der Waals surface area contributed by atoms with E-state index < -0.39 is 0 Å². The molecule has 1 heterocycles. The molecule has 182 valence electrons. The maximum Gasteiger partial charge on any atom is 0.244 e. The molecule has 0 saturated heterocycles. The van der Waals surface area contributed by atoms with E-state index in [1.54, 1.807) is 33.7 Å². The van der Waals surface area contributed by atoms with Gasteiger partial charge in [-0.05, 0) is 49.6 Å². The molecule has 1 N–H and O–H groups in total. The van der Waals surface area contributed by atoms with E-state index in [1.807, 2.05) is 38.1 Å². The summed E-state index contributed by atoms with van der Waals surface area (Å²) in [5.74, 6) is 1.91. The number of rotatable bonds is 11. The van der Waals surface area contributed by atoms with Gasteiger partial charge in [-0.1, -0.05) is 32.3 Å². The van der Waals surface area contributed by atoms with Gasteiger partial charge in [0.2, 0.25) is 5.91 Å². The first-order valence-electron chi connectivity index (χ1n) is 11.7. The zero-order valence-electron chi connectivity index (χ0n) is 21.0. The van der Waals surface area contributed by atoms with Crippen molar-refractivity contribution in [2.24, 2.45) is 0 Å². The third-order valence-corrected chi connectivity index (χ3v) is 6.04. The zero-order chi connectivity index (χ0) is 24.7. The summed E-state index contributed by atoms with van der Waals surface area (Å²) in [6.07, 6.45) is 7.86. The maximum absolute atomic E-state index is 12.5. The van der Waals surface area contributed by atoms with Crippen LogP contribution < -0.4 is 19.5 Å². The number of fused-ring (bicyclic) bond motifs is 1. The lowest BCUT2D eigenvalue weighted by Gasteiger charge is -2.14. The Labute approximate surface area is 201 Å². The Morgan fingerprint density at radius 3 is 2.47 bits per heavy atom. The van der Waals surface area contributed by atoms with Gasteiger partial charge in [0.1, 0.15) is 11.3 Å². The summed E-state index contributed by atoms with van der Waals surface area (Å²) in [6, 6.07) is 7.80. The number of aryl methyl sites for hydroxylation is 1. The van der Waals surface area contributed by atoms with Crippen LogP contribution in [0.5, 0.6) is 17.2 Å². The van der Waals surface area contributed by atoms with E-state index in [2.05, 4.69) is 12.2 Å². The van der Waals surface area contributed by atoms with Gasteiger partial charge in [0.15, 0.2) is 11.5 Å². The topological polar surface area (TPSA) is 69.9 Å². The number of methoxy groups -OCH3 is 3. The van der Waals surface area contributed by atoms with Crippen LogP contribution in [-0.2, 0) is 4.79 Å². The van der Waals surface area contributed by atoms with Crippen molar-refractivity contribution in [3.8, 4) is 28.4 Å². The summed E-state index contributed by atoms with van der Waals surface area (Å²) >= 11 is 0. The molecule has 0 bridgehead atoms. The molecular formula is C28H35NO5. The van der Waals surface area contributed by atoms with Gasteiger partial charge in [-0.2, -0.15) is 0 Å². The van der Waals surface area contributed by atoms with Crippen molar-refractivity contribution in [1.29, 1.82) is 0 Å². The summed E-state index contributed by atoms with van der Waals surface area (Å²) in [4.78, 5) is 12.5. The molecule has 34 heavy (non-hydrogen) atoms. The second-order valence-electron chi connectivity index (χ2n) is 8.36. The number of unbranched alkanes of at least 4 members (excludes halogenated alkanes) is 3. The number of carbonyl (C=O) groups is 1. The van der Waals surface area contributed by atoms with E-state index in [4.69, 9.17) is 18.6 Å². The van der Waals surface area contributed by atoms with E-state index in [9.17, 15) is 4.79 Å². The molecule has 1 amide bonds. The summed E-state index contributed by atoms with van der Waals surface area (Å²) in [5.41, 5.74) is 5.19. The Bertz CT molecular complexity index is 1180. The molecule has 0 saturated carbocycles. The van der Waals surface area contributed by atoms with Gasteiger partial charge >= 0.3 is 0 Å². The number of furan rings is 1. The molecular weight excluding hydrogens is 430 g/mol. The SMILES string of the molecule is CCCCCCNC(=O)/C=C(\C)c1cc2c(-c3ccc(OC)c(OC)c3)coc2c(C)c1OC. The summed E-state index contributed by atoms with van der Waals surface area (Å²) in [5, 5.41) is 3.92. The predicted molar refractivity (Wildman–Crippen MR) is 137 cm³/mol. The lowest BCUT2D eigenvalue weighted by Crippen LogP contribution is -2.22. The van der Waals surface area contributed by atoms with Crippen molar-refractivity contribution in [3.05, 3.63) is 47.7 Å². The Morgan fingerprint density at radius 1 is 1.03 bits per heavy atom. The van der Waals surface area contributed by atoms with Crippen molar-refractivity contribution in [1.82, 2.24) is 5.32 Å². The number of benzene rings is 2. The summed E-state index contributed by atoms with van der Waals surface area (Å²) in [6.45, 7) is 6.75. The number of nitrogens with one attached hydrogen (secondary N) is 1. The molecule has 0 aliphatic heterocycles. The Kier molecular flexibility index (Phi) is 8.63. The molecule has 1 aromatic heterocycles. The number of allylic oxidation sites excluding steroid dienone is 1. The van der Waals surface area contributed by atoms with Gasteiger partial charge in [0.25, 0.3) is 0 Å². The minimum absolute atomic E-state index is 0.0962. The normalized spacial score (nSPS) is 11.5. The highest BCUT2D eigenvalue weighted by Crippen LogP contribution is 2.42. The van der Waals surface area contributed by atoms with Crippen molar-refractivity contribution >= 4 is 22.4 Å². The minimum Gasteiger partial charge on any atom is -0.496 e. The number of carbonyl (C=O) groups excluding carboxylic acids is 1. The van der Waals surface area contributed by atoms with Gasteiger partial charge < -0.3 is 23.9 Å². The van der Waals surface area contributed by atoms with Gasteiger partial charge in [-0.3, -0.25) is 4.79 Å². The first kappa shape index (κ1) is 25.2. The van der Waals surface area contributed by atoms with Crippen LogP contribution in [0.15, 0.2) is 41.0 Å². The van der Waals surface area contributed by atoms with E-state index >= 15 is 0 Å². The van der Waals surface area contributed by atoms with E-state index in [0.717, 1.165) is 51.6 Å². The lowest BCUT2D eigenvalue weighted by atomic mass is 9.96. The fraction of sp³-hybridized carbons (Fsp3) is 0.393. The van der Waals surface area contributed by atoms with E-state index in [-0.39, 0.29) is 5.91 Å². The maximum atomic E-state index is 12.5. The molecule has 0 unspecified atom stereocenters. The number of amides is 1. The summed E-state index contributed by atoms with van der Waals surface area (Å²) < 4.78 is 22.5. The fourth-order valence-electron chi connectivity index (χ4n) is 4.19. The average Bonchev–Trinajstić information content (AvgIpc) is 3.27. The van der Waals surface area contributed by atoms with Gasteiger partial charge in [-0.25, -0.2) is 0 Å². The van der Waals surface area contributed by atoms with Crippen molar-refractivity contribution < 1.29 is 23.4 Å². The Balaban J connectivity index is 1.99. The van der Waals surface area contributed by atoms with E-state index in [1.165, 1.54) is 12.8 Å². The van der Waals surface area contributed by atoms with E-state index in [0.29, 0.717) is 23.8 Å². The van der Waals surface area contributed by atoms with Crippen LogP contribution in [-0.4, -0.2) is 33.8 Å². The highest BCUT2D eigenvalue weighted by atomic mass is 16.5. The van der Waals surface area contributed by atoms with Crippen LogP contribution >= 0.6 is 0 Å². The Morgan fingerprint density at radius 2 is 1.79 bits per heavy atom. The van der Waals surface area contributed by atoms with Crippen LogP contribution in [0.2, 0.25) is 0 Å². The van der Waals surface area contributed by atoms with Crippen LogP contribution in [0.3, 0.4) is 0 Å². The average molecular weight is 466 g/mol. The molecule has 0 radical (unpaired) electrons. The number of hydrogen-bond acceptors (Lipinski definition) is 5. The summed E-state index contributed by atoms with van der Waals surface area (Å²) in [7, 11) is 4.87. The third-order valence-electron chi connectivity index (χ3n) is 6.04. The second-order valence-corrected chi connectivity index (χ2v) is 8.36. The molecule has 0 aliphatic rings. The first-order chi connectivity index (χ1) is 16.4. The van der Waals surface area contributed by atoms with Crippen LogP contribution in [0.1, 0.15) is 50.7 Å². The van der Waals surface area contributed by atoms with Gasteiger partial charge in [0.05, 0.1) is 27.6 Å². The highest BCUT2D eigenvalue weighted by molar-refractivity contribution is 6.01. The van der Waals surface area contributed by atoms with Crippen LogP contribution in [0.25, 0.3) is 27.7 Å². The quantitative estimate of drug-likeness (QED) is 0.257. The largest absolute Gasteiger partial charge is 0.496 e. The smallest absolute Gasteiger partial charge is 0.244 e. The monoisotopic (exact) mass is 465 g/mol. The molecule has 2 aromatic carbocycles. The predicted octanol–water partition coefficient (Wildman–Crippen LogP) is 6.53. The van der Waals surface area contributed by atoms with Gasteiger partial charge in [-0.15, -0.1) is 0 Å². The zero-order valence-corrected chi connectivity index (χ0v) is 21.0. The molecule has 3 aromatic rings. The molecule has 6 heteroatoms. The fourth-order valence-corrected chi connectivity index (χ4v) is 4.19. The molecule has 0 aliphatic carbocycles. The molecule has 0 spiro atoms. The minimum atomic E-state index is -0.0962. The Hall–Kier alpha value is -3.41. The number of ether oxygens (including phenoxy) is 3. The molecule has 0 atom stereocenters.